The molecule has 0 fully saturated rings. The lowest BCUT2D eigenvalue weighted by Gasteiger charge is -2.27. The van der Waals surface area contributed by atoms with Gasteiger partial charge in [-0.1, -0.05) is 42.5 Å². The van der Waals surface area contributed by atoms with Gasteiger partial charge in [0.15, 0.2) is 23.0 Å². The first-order chi connectivity index (χ1) is 17.5. The van der Waals surface area contributed by atoms with Crippen molar-refractivity contribution in [2.75, 3.05) is 21.3 Å². The Morgan fingerprint density at radius 2 is 1.72 bits per heavy atom. The Hall–Kier alpha value is -4.59. The quantitative estimate of drug-likeness (QED) is 0.451. The van der Waals surface area contributed by atoms with E-state index < -0.39 is 23.5 Å². The van der Waals surface area contributed by atoms with Crippen LogP contribution in [0.25, 0.3) is 6.08 Å². The van der Waals surface area contributed by atoms with E-state index in [-0.39, 0.29) is 12.1 Å². The van der Waals surface area contributed by atoms with E-state index in [0.29, 0.717) is 22.8 Å². The number of hydrogen-bond acceptors (Lipinski definition) is 7. The van der Waals surface area contributed by atoms with Gasteiger partial charge in [0.1, 0.15) is 0 Å². The lowest BCUT2D eigenvalue weighted by atomic mass is 9.94. The van der Waals surface area contributed by atoms with Crippen LogP contribution in [0.1, 0.15) is 22.7 Å². The fraction of sp³-hybridized carbons (Fsp3) is 0.179. The predicted octanol–water partition coefficient (Wildman–Crippen LogP) is 4.29. The second-order valence-electron chi connectivity index (χ2n) is 8.03. The molecule has 1 atom stereocenters. The van der Waals surface area contributed by atoms with Gasteiger partial charge in [-0.25, -0.2) is 0 Å². The molecule has 2 aromatic carbocycles. The third-order valence-corrected chi connectivity index (χ3v) is 5.87. The normalized spacial score (nSPS) is 15.5. The summed E-state index contributed by atoms with van der Waals surface area (Å²) in [5.41, 5.74) is 2.03. The number of amides is 1. The van der Waals surface area contributed by atoms with Crippen molar-refractivity contribution in [3.63, 3.8) is 0 Å². The minimum absolute atomic E-state index is 0.0367. The third-order valence-electron chi connectivity index (χ3n) is 5.87. The summed E-state index contributed by atoms with van der Waals surface area (Å²) < 4.78 is 16.4. The van der Waals surface area contributed by atoms with E-state index in [9.17, 15) is 14.7 Å². The summed E-state index contributed by atoms with van der Waals surface area (Å²) in [6, 6.07) is 15.3. The van der Waals surface area contributed by atoms with Crippen LogP contribution in [0.5, 0.6) is 17.2 Å². The van der Waals surface area contributed by atoms with E-state index in [1.54, 1.807) is 36.7 Å². The fourth-order valence-electron chi connectivity index (χ4n) is 4.19. The maximum absolute atomic E-state index is 13.4. The van der Waals surface area contributed by atoms with Crippen LogP contribution in [0.4, 0.5) is 0 Å². The van der Waals surface area contributed by atoms with Gasteiger partial charge < -0.3 is 24.2 Å². The number of carbonyl (C=O) groups excluding carboxylic acids is 2. The van der Waals surface area contributed by atoms with Crippen LogP contribution in [0.15, 0.2) is 84.4 Å². The zero-order valence-corrected chi connectivity index (χ0v) is 20.2. The molecule has 1 aromatic heterocycles. The Bertz CT molecular complexity index is 1290. The van der Waals surface area contributed by atoms with E-state index in [1.165, 1.54) is 32.3 Å². The van der Waals surface area contributed by atoms with Crippen molar-refractivity contribution in [1.82, 2.24) is 9.88 Å². The van der Waals surface area contributed by atoms with Crippen molar-refractivity contribution in [3.05, 3.63) is 101 Å². The van der Waals surface area contributed by atoms with Crippen LogP contribution in [0, 0.1) is 0 Å². The highest BCUT2D eigenvalue weighted by atomic mass is 16.5. The van der Waals surface area contributed by atoms with Crippen LogP contribution < -0.4 is 14.2 Å². The van der Waals surface area contributed by atoms with Crippen molar-refractivity contribution in [1.29, 1.82) is 0 Å². The maximum atomic E-state index is 13.4. The lowest BCUT2D eigenvalue weighted by molar-refractivity contribution is -0.130. The Labute approximate surface area is 209 Å². The topological polar surface area (TPSA) is 98.2 Å². The van der Waals surface area contributed by atoms with Gasteiger partial charge in [-0.15, -0.1) is 0 Å². The number of methoxy groups -OCH3 is 3. The number of ketones is 1. The number of rotatable bonds is 9. The molecule has 1 amide bonds. The zero-order valence-electron chi connectivity index (χ0n) is 20.2. The number of carbonyl (C=O) groups is 2. The van der Waals surface area contributed by atoms with E-state index in [2.05, 4.69) is 4.98 Å². The standard InChI is InChI=1S/C28H26N2O6/c1-34-22-14-20(15-23(35-2)27(22)36-3)25-24(21(31)12-11-18-8-5-4-6-9-18)26(32)28(33)30(25)17-19-10-7-13-29-16-19/h4-16,25,32H,17H2,1-3H3. The molecule has 1 aliphatic rings. The van der Waals surface area contributed by atoms with Crippen molar-refractivity contribution >= 4 is 17.8 Å². The summed E-state index contributed by atoms with van der Waals surface area (Å²) in [5, 5.41) is 10.9. The van der Waals surface area contributed by atoms with Crippen molar-refractivity contribution in [2.24, 2.45) is 0 Å². The Morgan fingerprint density at radius 1 is 1.03 bits per heavy atom. The summed E-state index contributed by atoms with van der Waals surface area (Å²) in [5.74, 6) is -0.652. The number of pyridine rings is 1. The number of aliphatic hydroxyl groups is 1. The third kappa shape index (κ3) is 4.79. The molecule has 2 heterocycles. The number of ether oxygens (including phenoxy) is 3. The largest absolute Gasteiger partial charge is 0.503 e. The van der Waals surface area contributed by atoms with Crippen LogP contribution in [0.2, 0.25) is 0 Å². The fourth-order valence-corrected chi connectivity index (χ4v) is 4.19. The van der Waals surface area contributed by atoms with Crippen molar-refractivity contribution < 1.29 is 28.9 Å². The summed E-state index contributed by atoms with van der Waals surface area (Å²) in [6.07, 6.45) is 6.26. The average Bonchev–Trinajstić information content (AvgIpc) is 3.17. The van der Waals surface area contributed by atoms with E-state index in [1.807, 2.05) is 36.4 Å². The highest BCUT2D eigenvalue weighted by molar-refractivity contribution is 6.14. The second kappa shape index (κ2) is 10.8. The number of aromatic nitrogens is 1. The molecular formula is C28H26N2O6. The zero-order chi connectivity index (χ0) is 25.7. The number of aliphatic hydroxyl groups excluding tert-OH is 1. The average molecular weight is 487 g/mol. The number of nitrogens with zero attached hydrogens (tertiary/aromatic N) is 2. The molecule has 0 bridgehead atoms. The molecule has 184 valence electrons. The SMILES string of the molecule is COc1cc(C2C(C(=O)C=Cc3ccccc3)=C(O)C(=O)N2Cc2cccnc2)cc(OC)c1OC. The van der Waals surface area contributed by atoms with Gasteiger partial charge >= 0.3 is 0 Å². The summed E-state index contributed by atoms with van der Waals surface area (Å²) in [4.78, 5) is 32.2. The lowest BCUT2D eigenvalue weighted by Crippen LogP contribution is -2.30. The number of benzene rings is 2. The molecule has 0 spiro atoms. The molecule has 0 aliphatic carbocycles. The molecule has 1 unspecified atom stereocenters. The molecule has 0 saturated heterocycles. The smallest absolute Gasteiger partial charge is 0.290 e. The van der Waals surface area contributed by atoms with Gasteiger partial charge in [0.2, 0.25) is 5.75 Å². The van der Waals surface area contributed by atoms with Crippen LogP contribution in [-0.2, 0) is 16.1 Å². The Balaban J connectivity index is 1.82. The molecular weight excluding hydrogens is 460 g/mol. The van der Waals surface area contributed by atoms with E-state index in [4.69, 9.17) is 14.2 Å². The number of hydrogen-bond donors (Lipinski definition) is 1. The summed E-state index contributed by atoms with van der Waals surface area (Å²) in [7, 11) is 4.45. The van der Waals surface area contributed by atoms with Gasteiger partial charge in [-0.2, -0.15) is 0 Å². The minimum Gasteiger partial charge on any atom is -0.503 e. The van der Waals surface area contributed by atoms with Gasteiger partial charge in [-0.3, -0.25) is 14.6 Å². The van der Waals surface area contributed by atoms with Crippen LogP contribution in [0.3, 0.4) is 0 Å². The molecule has 1 N–H and O–H groups in total. The summed E-state index contributed by atoms with van der Waals surface area (Å²) >= 11 is 0. The maximum Gasteiger partial charge on any atom is 0.290 e. The Morgan fingerprint density at radius 3 is 2.31 bits per heavy atom. The van der Waals surface area contributed by atoms with Crippen molar-refractivity contribution in [3.8, 4) is 17.2 Å². The first kappa shape index (κ1) is 24.5. The molecule has 36 heavy (non-hydrogen) atoms. The first-order valence-electron chi connectivity index (χ1n) is 11.2. The monoisotopic (exact) mass is 486 g/mol. The van der Waals surface area contributed by atoms with Crippen LogP contribution in [-0.4, -0.2) is 48.0 Å². The van der Waals surface area contributed by atoms with Gasteiger partial charge in [-0.05, 0) is 41.0 Å². The summed E-state index contributed by atoms with van der Waals surface area (Å²) in [6.45, 7) is 0.122. The van der Waals surface area contributed by atoms with Crippen LogP contribution >= 0.6 is 0 Å². The second-order valence-corrected chi connectivity index (χ2v) is 8.03. The predicted molar refractivity (Wildman–Crippen MR) is 134 cm³/mol. The van der Waals surface area contributed by atoms with Crippen molar-refractivity contribution in [2.45, 2.75) is 12.6 Å². The molecule has 4 rings (SSSR count). The highest BCUT2D eigenvalue weighted by Crippen LogP contribution is 2.45. The molecule has 3 aromatic rings. The molecule has 0 saturated carbocycles. The molecule has 0 radical (unpaired) electrons. The molecule has 8 heteroatoms. The van der Waals surface area contributed by atoms with Gasteiger partial charge in [0, 0.05) is 18.9 Å². The minimum atomic E-state index is -0.903. The van der Waals surface area contributed by atoms with Gasteiger partial charge in [0.05, 0.1) is 32.9 Å². The van der Waals surface area contributed by atoms with E-state index in [0.717, 1.165) is 11.1 Å². The highest BCUT2D eigenvalue weighted by Gasteiger charge is 2.43. The van der Waals surface area contributed by atoms with E-state index >= 15 is 0 Å². The molecule has 1 aliphatic heterocycles. The Kier molecular flexibility index (Phi) is 7.34. The van der Waals surface area contributed by atoms with Gasteiger partial charge in [0.25, 0.3) is 5.91 Å². The number of allylic oxidation sites excluding steroid dienone is 1. The first-order valence-corrected chi connectivity index (χ1v) is 11.2. The molecule has 8 nitrogen and oxygen atoms in total.